The second-order valence-corrected chi connectivity index (χ2v) is 6.52. The fraction of sp³-hybridized carbons (Fsp3) is 0. The standard InChI is InChI=1S/C14H10BrFN2O2S/c15-12-5-2-9(21-12)3-6-13(19)18-11-7-8(14(17)20)1-4-10(11)16/h1-7H,(H2,17,20)(H,18,19). The van der Waals surface area contributed by atoms with Crippen LogP contribution >= 0.6 is 27.3 Å². The molecule has 0 saturated carbocycles. The monoisotopic (exact) mass is 368 g/mol. The van der Waals surface area contributed by atoms with E-state index in [1.165, 1.54) is 29.5 Å². The van der Waals surface area contributed by atoms with Gasteiger partial charge in [-0.25, -0.2) is 4.39 Å². The van der Waals surface area contributed by atoms with Gasteiger partial charge in [-0.1, -0.05) is 0 Å². The van der Waals surface area contributed by atoms with Crippen LogP contribution in [0, 0.1) is 5.82 Å². The van der Waals surface area contributed by atoms with Crippen molar-refractivity contribution in [1.82, 2.24) is 0 Å². The number of rotatable bonds is 4. The molecule has 3 N–H and O–H groups in total. The number of anilines is 1. The lowest BCUT2D eigenvalue weighted by Crippen LogP contribution is -2.14. The minimum absolute atomic E-state index is 0.0895. The van der Waals surface area contributed by atoms with Gasteiger partial charge in [0.05, 0.1) is 9.47 Å². The van der Waals surface area contributed by atoms with Crippen molar-refractivity contribution in [3.05, 3.63) is 56.5 Å². The average Bonchev–Trinajstić information content (AvgIpc) is 2.84. The van der Waals surface area contributed by atoms with Crippen molar-refractivity contribution < 1.29 is 14.0 Å². The molecule has 2 aromatic rings. The lowest BCUT2D eigenvalue weighted by Gasteiger charge is -2.05. The zero-order valence-electron chi connectivity index (χ0n) is 10.6. The van der Waals surface area contributed by atoms with Gasteiger partial charge in [-0.2, -0.15) is 0 Å². The van der Waals surface area contributed by atoms with E-state index in [0.29, 0.717) is 0 Å². The molecule has 0 unspecified atom stereocenters. The average molecular weight is 369 g/mol. The van der Waals surface area contributed by atoms with Crippen LogP contribution in [0.2, 0.25) is 0 Å². The molecule has 0 saturated heterocycles. The van der Waals surface area contributed by atoms with Gasteiger partial charge >= 0.3 is 0 Å². The number of hydrogen-bond donors (Lipinski definition) is 2. The second-order valence-electron chi connectivity index (χ2n) is 4.02. The van der Waals surface area contributed by atoms with Gasteiger partial charge in [0, 0.05) is 16.5 Å². The summed E-state index contributed by atoms with van der Waals surface area (Å²) in [6.45, 7) is 0. The molecule has 4 nitrogen and oxygen atoms in total. The number of amides is 2. The Balaban J connectivity index is 2.10. The summed E-state index contributed by atoms with van der Waals surface area (Å²) >= 11 is 4.77. The van der Waals surface area contributed by atoms with E-state index in [9.17, 15) is 14.0 Å². The fourth-order valence-corrected chi connectivity index (χ4v) is 2.85. The molecule has 1 aromatic carbocycles. The molecule has 1 aromatic heterocycles. The molecule has 0 spiro atoms. The van der Waals surface area contributed by atoms with Crippen LogP contribution in [0.4, 0.5) is 10.1 Å². The third-order valence-corrected chi connectivity index (χ3v) is 4.09. The number of benzene rings is 1. The van der Waals surface area contributed by atoms with Gasteiger partial charge in [0.25, 0.3) is 0 Å². The van der Waals surface area contributed by atoms with Gasteiger partial charge in [-0.15, -0.1) is 11.3 Å². The number of hydrogen-bond acceptors (Lipinski definition) is 3. The number of nitrogens with two attached hydrogens (primary N) is 1. The number of halogens is 2. The quantitative estimate of drug-likeness (QED) is 0.811. The van der Waals surface area contributed by atoms with Crippen molar-refractivity contribution >= 4 is 50.8 Å². The number of carbonyl (C=O) groups is 2. The highest BCUT2D eigenvalue weighted by Gasteiger charge is 2.08. The Morgan fingerprint density at radius 1 is 1.29 bits per heavy atom. The van der Waals surface area contributed by atoms with Gasteiger partial charge in [-0.05, 0) is 52.3 Å². The highest BCUT2D eigenvalue weighted by molar-refractivity contribution is 9.11. The first-order valence-electron chi connectivity index (χ1n) is 5.79. The summed E-state index contributed by atoms with van der Waals surface area (Å²) in [6, 6.07) is 7.23. The molecule has 0 aliphatic carbocycles. The van der Waals surface area contributed by atoms with Crippen molar-refractivity contribution in [2.75, 3.05) is 5.32 Å². The van der Waals surface area contributed by atoms with Crippen LogP contribution < -0.4 is 11.1 Å². The van der Waals surface area contributed by atoms with Gasteiger partial charge in [0.15, 0.2) is 0 Å². The predicted octanol–water partition coefficient (Wildman–Crippen LogP) is 3.40. The van der Waals surface area contributed by atoms with E-state index in [1.807, 2.05) is 12.1 Å². The molecule has 2 rings (SSSR count). The van der Waals surface area contributed by atoms with E-state index >= 15 is 0 Å². The lowest BCUT2D eigenvalue weighted by atomic mass is 10.2. The van der Waals surface area contributed by atoms with E-state index in [1.54, 1.807) is 6.08 Å². The van der Waals surface area contributed by atoms with Gasteiger partial charge < -0.3 is 11.1 Å². The largest absolute Gasteiger partial charge is 0.366 e. The maximum atomic E-state index is 13.6. The summed E-state index contributed by atoms with van der Waals surface area (Å²) in [5.41, 5.74) is 5.14. The smallest absolute Gasteiger partial charge is 0.248 e. The molecular formula is C14H10BrFN2O2S. The van der Waals surface area contributed by atoms with Crippen LogP contribution in [0.1, 0.15) is 15.2 Å². The van der Waals surface area contributed by atoms with Crippen LogP contribution in [0.15, 0.2) is 40.2 Å². The van der Waals surface area contributed by atoms with E-state index in [-0.39, 0.29) is 11.3 Å². The van der Waals surface area contributed by atoms with Gasteiger partial charge in [-0.3, -0.25) is 9.59 Å². The normalized spacial score (nSPS) is 10.8. The molecular weight excluding hydrogens is 359 g/mol. The van der Waals surface area contributed by atoms with Crippen LogP contribution in [-0.2, 0) is 4.79 Å². The van der Waals surface area contributed by atoms with Crippen molar-refractivity contribution in [3.63, 3.8) is 0 Å². The molecule has 0 bridgehead atoms. The van der Waals surface area contributed by atoms with Gasteiger partial charge in [0.2, 0.25) is 11.8 Å². The zero-order chi connectivity index (χ0) is 15.4. The first kappa shape index (κ1) is 15.4. The Kier molecular flexibility index (Phi) is 4.87. The predicted molar refractivity (Wildman–Crippen MR) is 84.6 cm³/mol. The summed E-state index contributed by atoms with van der Waals surface area (Å²) in [5.74, 6) is -1.83. The molecule has 21 heavy (non-hydrogen) atoms. The number of carbonyl (C=O) groups excluding carboxylic acids is 2. The maximum Gasteiger partial charge on any atom is 0.248 e. The first-order chi connectivity index (χ1) is 9.95. The van der Waals surface area contributed by atoms with Crippen molar-refractivity contribution in [3.8, 4) is 0 Å². The van der Waals surface area contributed by atoms with E-state index in [4.69, 9.17) is 5.73 Å². The Bertz CT molecular complexity index is 728. The van der Waals surface area contributed by atoms with E-state index in [2.05, 4.69) is 21.2 Å². The minimum Gasteiger partial charge on any atom is -0.366 e. The van der Waals surface area contributed by atoms with Crippen LogP contribution in [0.5, 0.6) is 0 Å². The molecule has 0 radical (unpaired) electrons. The van der Waals surface area contributed by atoms with Gasteiger partial charge in [0.1, 0.15) is 5.82 Å². The number of nitrogens with one attached hydrogen (secondary N) is 1. The Labute approximate surface area is 132 Å². The lowest BCUT2D eigenvalue weighted by molar-refractivity contribution is -0.111. The molecule has 7 heteroatoms. The SMILES string of the molecule is NC(=O)c1ccc(F)c(NC(=O)C=Cc2ccc(Br)s2)c1. The molecule has 2 amide bonds. The number of thiophene rings is 1. The third-order valence-electron chi connectivity index (χ3n) is 2.50. The Morgan fingerprint density at radius 3 is 2.67 bits per heavy atom. The summed E-state index contributed by atoms with van der Waals surface area (Å²) in [6.07, 6.45) is 2.90. The van der Waals surface area contributed by atoms with Crippen LogP contribution in [0.25, 0.3) is 6.08 Å². The summed E-state index contributed by atoms with van der Waals surface area (Å²) in [7, 11) is 0. The second kappa shape index (κ2) is 6.64. The fourth-order valence-electron chi connectivity index (χ4n) is 1.52. The molecule has 108 valence electrons. The molecule has 0 atom stereocenters. The molecule has 0 aliphatic rings. The molecule has 0 aliphatic heterocycles. The highest BCUT2D eigenvalue weighted by Crippen LogP contribution is 2.23. The van der Waals surface area contributed by atoms with Crippen LogP contribution in [-0.4, -0.2) is 11.8 Å². The topological polar surface area (TPSA) is 72.2 Å². The Hall–Kier alpha value is -1.99. The summed E-state index contributed by atoms with van der Waals surface area (Å²) in [5, 5.41) is 2.37. The van der Waals surface area contributed by atoms with Crippen molar-refractivity contribution in [2.24, 2.45) is 5.73 Å². The van der Waals surface area contributed by atoms with Crippen LogP contribution in [0.3, 0.4) is 0 Å². The maximum absolute atomic E-state index is 13.6. The summed E-state index contributed by atoms with van der Waals surface area (Å²) in [4.78, 5) is 23.6. The zero-order valence-corrected chi connectivity index (χ0v) is 13.0. The van der Waals surface area contributed by atoms with Crippen molar-refractivity contribution in [2.45, 2.75) is 0 Å². The minimum atomic E-state index is -0.690. The third kappa shape index (κ3) is 4.24. The highest BCUT2D eigenvalue weighted by atomic mass is 79.9. The number of primary amides is 1. The van der Waals surface area contributed by atoms with E-state index in [0.717, 1.165) is 14.7 Å². The van der Waals surface area contributed by atoms with E-state index < -0.39 is 17.6 Å². The summed E-state index contributed by atoms with van der Waals surface area (Å²) < 4.78 is 14.5. The van der Waals surface area contributed by atoms with Crippen molar-refractivity contribution in [1.29, 1.82) is 0 Å². The Morgan fingerprint density at radius 2 is 2.05 bits per heavy atom. The molecule has 1 heterocycles. The first-order valence-corrected chi connectivity index (χ1v) is 7.40. The molecule has 0 fully saturated rings.